The second kappa shape index (κ2) is 11.4. The molecule has 1 N–H and O–H groups in total. The van der Waals surface area contributed by atoms with E-state index in [1.807, 2.05) is 6.07 Å². The van der Waals surface area contributed by atoms with E-state index in [0.29, 0.717) is 44.4 Å². The first-order chi connectivity index (χ1) is 15.7. The fourth-order valence-electron chi connectivity index (χ4n) is 3.02. The number of hydrogen-bond donors (Lipinski definition) is 1. The van der Waals surface area contributed by atoms with Crippen molar-refractivity contribution in [1.29, 1.82) is 0 Å². The molecule has 6 nitrogen and oxygen atoms in total. The Hall–Kier alpha value is -1.97. The van der Waals surface area contributed by atoms with E-state index in [-0.39, 0.29) is 28.3 Å². The fourth-order valence-corrected chi connectivity index (χ4v) is 4.92. The van der Waals surface area contributed by atoms with E-state index in [1.54, 1.807) is 32.4 Å². The zero-order chi connectivity index (χ0) is 24.1. The molecule has 1 aliphatic rings. The highest BCUT2D eigenvalue weighted by molar-refractivity contribution is 8.26. The van der Waals surface area contributed by atoms with E-state index < -0.39 is 0 Å². The van der Waals surface area contributed by atoms with Gasteiger partial charge in [-0.2, -0.15) is 0 Å². The van der Waals surface area contributed by atoms with Gasteiger partial charge in [-0.25, -0.2) is 0 Å². The molecule has 33 heavy (non-hydrogen) atoms. The van der Waals surface area contributed by atoms with E-state index in [0.717, 1.165) is 5.56 Å². The molecule has 1 aliphatic heterocycles. The molecule has 1 fully saturated rings. The standard InChI is InChI=1S/C22H19Cl3N2O4S2/c1-30-17-6-5-12(8-18(17)31-2)9-19-21(29)27(22(32)33-19)7-3-4-20(28)26-16-11-14(24)13(23)10-15(16)25/h5-6,8-11H,3-4,7H2,1-2H3,(H,26,28)/b19-9-. The second-order valence-electron chi connectivity index (χ2n) is 6.85. The van der Waals surface area contributed by atoms with Gasteiger partial charge in [-0.05, 0) is 42.3 Å². The molecule has 0 saturated carbocycles. The van der Waals surface area contributed by atoms with Gasteiger partial charge < -0.3 is 14.8 Å². The summed E-state index contributed by atoms with van der Waals surface area (Å²) in [5, 5.41) is 3.57. The van der Waals surface area contributed by atoms with Crippen molar-refractivity contribution in [2.45, 2.75) is 12.8 Å². The highest BCUT2D eigenvalue weighted by Gasteiger charge is 2.31. The number of carbonyl (C=O) groups excluding carboxylic acids is 2. The maximum Gasteiger partial charge on any atom is 0.266 e. The quantitative estimate of drug-likeness (QED) is 0.239. The van der Waals surface area contributed by atoms with Crippen LogP contribution in [-0.2, 0) is 9.59 Å². The van der Waals surface area contributed by atoms with Crippen LogP contribution in [0.25, 0.3) is 6.08 Å². The third-order valence-electron chi connectivity index (χ3n) is 4.65. The number of thioether (sulfide) groups is 1. The summed E-state index contributed by atoms with van der Waals surface area (Å²) in [6.45, 7) is 0.316. The average molecular weight is 546 g/mol. The van der Waals surface area contributed by atoms with Crippen molar-refractivity contribution in [3.8, 4) is 11.5 Å². The Kier molecular flexibility index (Phi) is 8.89. The van der Waals surface area contributed by atoms with Crippen LogP contribution in [0.2, 0.25) is 15.1 Å². The lowest BCUT2D eigenvalue weighted by Crippen LogP contribution is -2.29. The minimum Gasteiger partial charge on any atom is -0.493 e. The predicted molar refractivity (Wildman–Crippen MR) is 139 cm³/mol. The lowest BCUT2D eigenvalue weighted by molar-refractivity contribution is -0.122. The van der Waals surface area contributed by atoms with Crippen LogP contribution in [0.15, 0.2) is 35.2 Å². The number of amides is 2. The Morgan fingerprint density at radius 3 is 2.48 bits per heavy atom. The summed E-state index contributed by atoms with van der Waals surface area (Å²) in [5.74, 6) is 0.701. The summed E-state index contributed by atoms with van der Waals surface area (Å²) >= 11 is 24.5. The number of nitrogens with one attached hydrogen (secondary N) is 1. The van der Waals surface area contributed by atoms with Gasteiger partial charge in [-0.1, -0.05) is 64.8 Å². The largest absolute Gasteiger partial charge is 0.493 e. The Labute approximate surface area is 216 Å². The highest BCUT2D eigenvalue weighted by atomic mass is 35.5. The Morgan fingerprint density at radius 2 is 1.79 bits per heavy atom. The number of thiocarbonyl (C=S) groups is 1. The maximum absolute atomic E-state index is 12.8. The van der Waals surface area contributed by atoms with E-state index >= 15 is 0 Å². The molecule has 2 aromatic carbocycles. The number of rotatable bonds is 8. The van der Waals surface area contributed by atoms with Gasteiger partial charge in [-0.3, -0.25) is 14.5 Å². The van der Waals surface area contributed by atoms with Gasteiger partial charge in [-0.15, -0.1) is 0 Å². The summed E-state index contributed by atoms with van der Waals surface area (Å²) < 4.78 is 11.0. The van der Waals surface area contributed by atoms with Crippen molar-refractivity contribution in [3.63, 3.8) is 0 Å². The van der Waals surface area contributed by atoms with Crippen LogP contribution < -0.4 is 14.8 Å². The zero-order valence-electron chi connectivity index (χ0n) is 17.6. The number of halogens is 3. The Balaban J connectivity index is 1.59. The van der Waals surface area contributed by atoms with Crippen LogP contribution in [0.5, 0.6) is 11.5 Å². The zero-order valence-corrected chi connectivity index (χ0v) is 21.5. The number of ether oxygens (including phenoxy) is 2. The third-order valence-corrected chi connectivity index (χ3v) is 7.06. The molecule has 0 spiro atoms. The molecule has 1 saturated heterocycles. The van der Waals surface area contributed by atoms with E-state index in [1.165, 1.54) is 28.8 Å². The summed E-state index contributed by atoms with van der Waals surface area (Å²) in [5.41, 5.74) is 1.16. The summed E-state index contributed by atoms with van der Waals surface area (Å²) in [6.07, 6.45) is 2.34. The van der Waals surface area contributed by atoms with Crippen LogP contribution in [0, 0.1) is 0 Å². The van der Waals surface area contributed by atoms with Crippen LogP contribution >= 0.6 is 58.8 Å². The molecule has 0 atom stereocenters. The maximum atomic E-state index is 12.8. The molecule has 2 aromatic rings. The van der Waals surface area contributed by atoms with E-state index in [2.05, 4.69) is 5.32 Å². The molecule has 1 heterocycles. The Morgan fingerprint density at radius 1 is 1.09 bits per heavy atom. The lowest BCUT2D eigenvalue weighted by atomic mass is 10.2. The minimum absolute atomic E-state index is 0.169. The smallest absolute Gasteiger partial charge is 0.266 e. The average Bonchev–Trinajstić information content (AvgIpc) is 3.04. The molecule has 3 rings (SSSR count). The van der Waals surface area contributed by atoms with E-state index in [4.69, 9.17) is 56.5 Å². The molecule has 0 aliphatic carbocycles. The third kappa shape index (κ3) is 6.33. The number of nitrogens with zero attached hydrogens (tertiary/aromatic N) is 1. The number of benzene rings is 2. The van der Waals surface area contributed by atoms with Crippen molar-refractivity contribution in [3.05, 3.63) is 55.9 Å². The number of hydrogen-bond acceptors (Lipinski definition) is 6. The molecule has 0 aromatic heterocycles. The first kappa shape index (κ1) is 25.6. The van der Waals surface area contributed by atoms with Crippen LogP contribution in [0.1, 0.15) is 18.4 Å². The van der Waals surface area contributed by atoms with E-state index in [9.17, 15) is 9.59 Å². The van der Waals surface area contributed by atoms with Gasteiger partial charge in [0.25, 0.3) is 5.91 Å². The van der Waals surface area contributed by atoms with Gasteiger partial charge in [0.15, 0.2) is 11.5 Å². The molecule has 11 heteroatoms. The molecule has 0 radical (unpaired) electrons. The van der Waals surface area contributed by atoms with Crippen LogP contribution in [0.3, 0.4) is 0 Å². The van der Waals surface area contributed by atoms with Crippen LogP contribution in [0.4, 0.5) is 5.69 Å². The summed E-state index contributed by atoms with van der Waals surface area (Å²) in [7, 11) is 3.11. The van der Waals surface area contributed by atoms with Gasteiger partial charge in [0.2, 0.25) is 5.91 Å². The van der Waals surface area contributed by atoms with Gasteiger partial charge >= 0.3 is 0 Å². The second-order valence-corrected chi connectivity index (χ2v) is 9.74. The first-order valence-electron chi connectivity index (χ1n) is 9.65. The minimum atomic E-state index is -0.262. The van der Waals surface area contributed by atoms with Gasteiger partial charge in [0, 0.05) is 13.0 Å². The van der Waals surface area contributed by atoms with Crippen LogP contribution in [-0.4, -0.2) is 41.8 Å². The van der Waals surface area contributed by atoms with Crippen molar-refractivity contribution in [1.82, 2.24) is 4.90 Å². The van der Waals surface area contributed by atoms with Crippen molar-refractivity contribution < 1.29 is 19.1 Å². The normalized spacial score (nSPS) is 14.7. The molecular weight excluding hydrogens is 527 g/mol. The van der Waals surface area contributed by atoms with Gasteiger partial charge in [0.05, 0.1) is 39.9 Å². The fraction of sp³-hybridized carbons (Fsp3) is 0.227. The molecular formula is C22H19Cl3N2O4S2. The van der Waals surface area contributed by atoms with Crippen molar-refractivity contribution in [2.75, 3.05) is 26.1 Å². The lowest BCUT2D eigenvalue weighted by Gasteiger charge is -2.14. The summed E-state index contributed by atoms with van der Waals surface area (Å²) in [6, 6.07) is 8.33. The van der Waals surface area contributed by atoms with Gasteiger partial charge in [0.1, 0.15) is 4.32 Å². The number of anilines is 1. The first-order valence-corrected chi connectivity index (χ1v) is 12.0. The van der Waals surface area contributed by atoms with Crippen molar-refractivity contribution in [2.24, 2.45) is 0 Å². The summed E-state index contributed by atoms with van der Waals surface area (Å²) in [4.78, 5) is 27.1. The molecule has 0 bridgehead atoms. The van der Waals surface area contributed by atoms with Crippen molar-refractivity contribution >= 4 is 86.7 Å². The molecule has 174 valence electrons. The monoisotopic (exact) mass is 544 g/mol. The topological polar surface area (TPSA) is 67.9 Å². The number of carbonyl (C=O) groups is 2. The Bertz CT molecular complexity index is 1140. The predicted octanol–water partition coefficient (Wildman–Crippen LogP) is 6.28. The number of methoxy groups -OCH3 is 2. The molecule has 0 unspecified atom stereocenters. The molecule has 2 amide bonds. The SMILES string of the molecule is COc1ccc(/C=C2\SC(=S)N(CCCC(=O)Nc3cc(Cl)c(Cl)cc3Cl)C2=O)cc1OC. The highest BCUT2D eigenvalue weighted by Crippen LogP contribution is 2.35.